The molecule has 0 saturated heterocycles. The summed E-state index contributed by atoms with van der Waals surface area (Å²) >= 11 is 7.41. The van der Waals surface area contributed by atoms with Crippen molar-refractivity contribution in [2.24, 2.45) is 0 Å². The molecule has 0 saturated carbocycles. The van der Waals surface area contributed by atoms with Crippen LogP contribution in [0.15, 0.2) is 53.7 Å². The fourth-order valence-corrected chi connectivity index (χ4v) is 3.72. The lowest BCUT2D eigenvalue weighted by Crippen LogP contribution is -2.13. The zero-order chi connectivity index (χ0) is 21.9. The van der Waals surface area contributed by atoms with E-state index in [4.69, 9.17) is 11.6 Å². The fourth-order valence-electron chi connectivity index (χ4n) is 2.65. The minimum atomic E-state index is -4.52. The van der Waals surface area contributed by atoms with Gasteiger partial charge in [0.05, 0.1) is 16.3 Å². The number of halogens is 4. The van der Waals surface area contributed by atoms with Crippen LogP contribution < -0.4 is 5.32 Å². The van der Waals surface area contributed by atoms with Crippen molar-refractivity contribution in [1.29, 1.82) is 0 Å². The first-order valence-corrected chi connectivity index (χ1v) is 10.2. The van der Waals surface area contributed by atoms with Crippen LogP contribution in [0.4, 0.5) is 18.9 Å². The standard InChI is InChI=1S/C21H17ClF3N3OS/c1-12-9-13(2)27-20(26-12)30-11-14-3-5-15(6-4-14)19(29)28-18-10-16(21(23,24)25)7-8-17(18)22/h3-10H,11H2,1-2H3,(H,28,29). The van der Waals surface area contributed by atoms with Gasteiger partial charge in [0, 0.05) is 22.7 Å². The van der Waals surface area contributed by atoms with Crippen LogP contribution in [0.2, 0.25) is 5.02 Å². The predicted octanol–water partition coefficient (Wildman–Crippen LogP) is 6.31. The van der Waals surface area contributed by atoms with Gasteiger partial charge in [0.25, 0.3) is 5.91 Å². The van der Waals surface area contributed by atoms with Crippen LogP contribution in [0.5, 0.6) is 0 Å². The van der Waals surface area contributed by atoms with E-state index in [0.717, 1.165) is 35.2 Å². The van der Waals surface area contributed by atoms with Crippen LogP contribution in [-0.4, -0.2) is 15.9 Å². The predicted molar refractivity (Wildman–Crippen MR) is 112 cm³/mol. The molecule has 0 unspecified atom stereocenters. The Kier molecular flexibility index (Phi) is 6.67. The lowest BCUT2D eigenvalue weighted by molar-refractivity contribution is -0.137. The number of alkyl halides is 3. The molecule has 0 radical (unpaired) electrons. The number of nitrogens with zero attached hydrogens (tertiary/aromatic N) is 2. The molecule has 0 spiro atoms. The Morgan fingerprint density at radius 3 is 2.27 bits per heavy atom. The summed E-state index contributed by atoms with van der Waals surface area (Å²) in [6.07, 6.45) is -4.52. The molecule has 1 aromatic heterocycles. The molecule has 0 bridgehead atoms. The summed E-state index contributed by atoms with van der Waals surface area (Å²) in [4.78, 5) is 21.2. The van der Waals surface area contributed by atoms with Gasteiger partial charge < -0.3 is 5.32 Å². The third kappa shape index (κ3) is 5.73. The topological polar surface area (TPSA) is 54.9 Å². The van der Waals surface area contributed by atoms with Gasteiger partial charge in [0.2, 0.25) is 0 Å². The fraction of sp³-hybridized carbons (Fsp3) is 0.190. The molecule has 30 heavy (non-hydrogen) atoms. The van der Waals surface area contributed by atoms with Crippen molar-refractivity contribution in [2.45, 2.75) is 30.9 Å². The Labute approximate surface area is 180 Å². The second kappa shape index (κ2) is 9.06. The Balaban J connectivity index is 1.67. The Hall–Kier alpha value is -2.58. The lowest BCUT2D eigenvalue weighted by Gasteiger charge is -2.12. The molecule has 4 nitrogen and oxygen atoms in total. The van der Waals surface area contributed by atoms with E-state index in [1.807, 2.05) is 19.9 Å². The SMILES string of the molecule is Cc1cc(C)nc(SCc2ccc(C(=O)Nc3cc(C(F)(F)F)ccc3Cl)cc2)n1. The van der Waals surface area contributed by atoms with E-state index in [0.29, 0.717) is 16.5 Å². The average molecular weight is 452 g/mol. The summed E-state index contributed by atoms with van der Waals surface area (Å²) in [5.41, 5.74) is 2.07. The van der Waals surface area contributed by atoms with Gasteiger partial charge in [-0.05, 0) is 55.8 Å². The first-order valence-electron chi connectivity index (χ1n) is 8.84. The van der Waals surface area contributed by atoms with Crippen LogP contribution in [0.3, 0.4) is 0 Å². The minimum Gasteiger partial charge on any atom is -0.321 e. The maximum atomic E-state index is 12.9. The van der Waals surface area contributed by atoms with Crippen molar-refractivity contribution in [1.82, 2.24) is 9.97 Å². The zero-order valence-corrected chi connectivity index (χ0v) is 17.6. The van der Waals surface area contributed by atoms with Crippen molar-refractivity contribution in [3.8, 4) is 0 Å². The Morgan fingerprint density at radius 1 is 1.03 bits per heavy atom. The van der Waals surface area contributed by atoms with Crippen LogP contribution in [0, 0.1) is 13.8 Å². The van der Waals surface area contributed by atoms with E-state index in [2.05, 4.69) is 15.3 Å². The number of hydrogen-bond donors (Lipinski definition) is 1. The highest BCUT2D eigenvalue weighted by atomic mass is 35.5. The number of amides is 1. The summed E-state index contributed by atoms with van der Waals surface area (Å²) in [7, 11) is 0. The molecule has 0 aliphatic carbocycles. The summed E-state index contributed by atoms with van der Waals surface area (Å²) in [5, 5.41) is 3.13. The van der Waals surface area contributed by atoms with E-state index < -0.39 is 17.6 Å². The number of aryl methyl sites for hydroxylation is 2. The van der Waals surface area contributed by atoms with Gasteiger partial charge in [-0.2, -0.15) is 13.2 Å². The molecule has 3 aromatic rings. The monoisotopic (exact) mass is 451 g/mol. The maximum Gasteiger partial charge on any atom is 0.416 e. The molecule has 9 heteroatoms. The quantitative estimate of drug-likeness (QED) is 0.365. The van der Waals surface area contributed by atoms with Crippen molar-refractivity contribution in [3.63, 3.8) is 0 Å². The normalized spacial score (nSPS) is 11.4. The molecule has 1 heterocycles. The Morgan fingerprint density at radius 2 is 1.67 bits per heavy atom. The van der Waals surface area contributed by atoms with Gasteiger partial charge in [-0.15, -0.1) is 0 Å². The molecule has 1 amide bonds. The summed E-state index contributed by atoms with van der Waals surface area (Å²) in [6.45, 7) is 3.81. The van der Waals surface area contributed by atoms with Gasteiger partial charge in [0.1, 0.15) is 0 Å². The van der Waals surface area contributed by atoms with E-state index in [1.54, 1.807) is 24.3 Å². The van der Waals surface area contributed by atoms with Crippen LogP contribution in [-0.2, 0) is 11.9 Å². The average Bonchev–Trinajstić information content (AvgIpc) is 2.67. The van der Waals surface area contributed by atoms with Crippen molar-refractivity contribution < 1.29 is 18.0 Å². The third-order valence-electron chi connectivity index (χ3n) is 4.09. The smallest absolute Gasteiger partial charge is 0.321 e. The van der Waals surface area contributed by atoms with Crippen molar-refractivity contribution in [3.05, 3.63) is 81.6 Å². The number of anilines is 1. The number of aromatic nitrogens is 2. The number of hydrogen-bond acceptors (Lipinski definition) is 4. The van der Waals surface area contributed by atoms with E-state index in [-0.39, 0.29) is 10.7 Å². The highest BCUT2D eigenvalue weighted by Gasteiger charge is 2.31. The summed E-state index contributed by atoms with van der Waals surface area (Å²) < 4.78 is 38.6. The molecule has 156 valence electrons. The number of nitrogens with one attached hydrogen (secondary N) is 1. The second-order valence-corrected chi connectivity index (χ2v) is 7.92. The first-order chi connectivity index (χ1) is 14.1. The number of benzene rings is 2. The Bertz CT molecular complexity index is 1050. The van der Waals surface area contributed by atoms with Crippen molar-refractivity contribution >= 4 is 35.0 Å². The van der Waals surface area contributed by atoms with Gasteiger partial charge in [-0.3, -0.25) is 4.79 Å². The number of rotatable bonds is 5. The highest BCUT2D eigenvalue weighted by Crippen LogP contribution is 2.34. The zero-order valence-electron chi connectivity index (χ0n) is 16.0. The van der Waals surface area contributed by atoms with Crippen LogP contribution >= 0.6 is 23.4 Å². The molecular weight excluding hydrogens is 435 g/mol. The van der Waals surface area contributed by atoms with E-state index >= 15 is 0 Å². The molecule has 0 atom stereocenters. The molecule has 0 aliphatic heterocycles. The van der Waals surface area contributed by atoms with Gasteiger partial charge in [0.15, 0.2) is 5.16 Å². The molecular formula is C21H17ClF3N3OS. The van der Waals surface area contributed by atoms with E-state index in [1.165, 1.54) is 11.8 Å². The maximum absolute atomic E-state index is 12.9. The summed E-state index contributed by atoms with van der Waals surface area (Å²) in [5.74, 6) is 0.0672. The molecule has 2 aromatic carbocycles. The van der Waals surface area contributed by atoms with Crippen LogP contribution in [0.25, 0.3) is 0 Å². The minimum absolute atomic E-state index is 0.0258. The molecule has 0 aliphatic rings. The largest absolute Gasteiger partial charge is 0.416 e. The lowest BCUT2D eigenvalue weighted by atomic mass is 10.1. The molecule has 1 N–H and O–H groups in total. The van der Waals surface area contributed by atoms with Gasteiger partial charge in [-0.25, -0.2) is 9.97 Å². The first kappa shape index (κ1) is 22.1. The van der Waals surface area contributed by atoms with Gasteiger partial charge >= 0.3 is 6.18 Å². The molecule has 3 rings (SSSR count). The molecule has 0 fully saturated rings. The highest BCUT2D eigenvalue weighted by molar-refractivity contribution is 7.98. The van der Waals surface area contributed by atoms with Gasteiger partial charge in [-0.1, -0.05) is 35.5 Å². The second-order valence-electron chi connectivity index (χ2n) is 6.57. The summed E-state index contributed by atoms with van der Waals surface area (Å²) in [6, 6.07) is 11.4. The van der Waals surface area contributed by atoms with Crippen LogP contribution in [0.1, 0.15) is 32.9 Å². The van der Waals surface area contributed by atoms with E-state index in [9.17, 15) is 18.0 Å². The number of carbonyl (C=O) groups is 1. The number of thioether (sulfide) groups is 1. The van der Waals surface area contributed by atoms with Crippen molar-refractivity contribution in [2.75, 3.05) is 5.32 Å². The third-order valence-corrected chi connectivity index (χ3v) is 5.34. The number of carbonyl (C=O) groups excluding carboxylic acids is 1.